The second-order valence-electron chi connectivity index (χ2n) is 2.99. The van der Waals surface area contributed by atoms with Crippen molar-refractivity contribution in [2.75, 3.05) is 13.1 Å². The van der Waals surface area contributed by atoms with E-state index in [1.807, 2.05) is 6.92 Å². The Morgan fingerprint density at radius 1 is 1.14 bits per heavy atom. The third-order valence-corrected chi connectivity index (χ3v) is 1.69. The number of carbonyl (C=O) groups excluding carboxylic acids is 1. The highest BCUT2D eigenvalue weighted by Gasteiger charge is 1.98. The summed E-state index contributed by atoms with van der Waals surface area (Å²) in [6, 6.07) is -0.161. The van der Waals surface area contributed by atoms with Gasteiger partial charge in [0, 0.05) is 19.5 Å². The summed E-state index contributed by atoms with van der Waals surface area (Å²) in [5.74, 6) is -0.762. The van der Waals surface area contributed by atoms with Crippen LogP contribution in [0.15, 0.2) is 0 Å². The third-order valence-electron chi connectivity index (χ3n) is 1.69. The van der Waals surface area contributed by atoms with Crippen molar-refractivity contribution in [2.45, 2.75) is 32.6 Å². The minimum atomic E-state index is -0.762. The van der Waals surface area contributed by atoms with E-state index in [1.165, 1.54) is 0 Å². The molecule has 0 bridgehead atoms. The van der Waals surface area contributed by atoms with Gasteiger partial charge < -0.3 is 15.7 Å². The molecule has 0 aliphatic heterocycles. The van der Waals surface area contributed by atoms with Crippen molar-refractivity contribution in [3.63, 3.8) is 0 Å². The quantitative estimate of drug-likeness (QED) is 0.538. The standard InChI is InChI=1S/C9H18N2O3/c1-2-10-9(14)11-7-5-3-4-6-8(12)13/h2-7H2,1H3,(H,12,13)(H2,10,11,14). The Labute approximate surface area is 83.9 Å². The van der Waals surface area contributed by atoms with E-state index in [0.29, 0.717) is 19.5 Å². The number of unbranched alkanes of at least 4 members (excludes halogenated alkanes) is 2. The summed E-state index contributed by atoms with van der Waals surface area (Å²) in [6.07, 6.45) is 2.54. The number of amides is 2. The molecule has 0 unspecified atom stereocenters. The summed E-state index contributed by atoms with van der Waals surface area (Å²) < 4.78 is 0. The molecule has 0 aliphatic rings. The van der Waals surface area contributed by atoms with Crippen molar-refractivity contribution in [3.8, 4) is 0 Å². The first-order chi connectivity index (χ1) is 6.66. The molecule has 0 rings (SSSR count). The van der Waals surface area contributed by atoms with Crippen LogP contribution in [0.4, 0.5) is 4.79 Å². The van der Waals surface area contributed by atoms with Gasteiger partial charge in [-0.05, 0) is 19.8 Å². The van der Waals surface area contributed by atoms with Gasteiger partial charge in [-0.2, -0.15) is 0 Å². The Morgan fingerprint density at radius 3 is 2.43 bits per heavy atom. The van der Waals surface area contributed by atoms with Gasteiger partial charge in [-0.3, -0.25) is 4.79 Å². The Balaban J connectivity index is 3.13. The monoisotopic (exact) mass is 202 g/mol. The molecule has 0 atom stereocenters. The lowest BCUT2D eigenvalue weighted by atomic mass is 10.2. The number of carbonyl (C=O) groups is 2. The topological polar surface area (TPSA) is 78.4 Å². The zero-order valence-corrected chi connectivity index (χ0v) is 8.51. The molecule has 0 aromatic rings. The highest BCUT2D eigenvalue weighted by molar-refractivity contribution is 5.73. The number of hydrogen-bond donors (Lipinski definition) is 3. The van der Waals surface area contributed by atoms with Gasteiger partial charge in [0.15, 0.2) is 0 Å². The van der Waals surface area contributed by atoms with E-state index >= 15 is 0 Å². The number of carboxylic acids is 1. The van der Waals surface area contributed by atoms with E-state index in [9.17, 15) is 9.59 Å². The average molecular weight is 202 g/mol. The van der Waals surface area contributed by atoms with Crippen molar-refractivity contribution < 1.29 is 14.7 Å². The normalized spacial score (nSPS) is 9.50. The summed E-state index contributed by atoms with van der Waals surface area (Å²) in [4.78, 5) is 21.0. The first-order valence-corrected chi connectivity index (χ1v) is 4.90. The van der Waals surface area contributed by atoms with E-state index < -0.39 is 5.97 Å². The van der Waals surface area contributed by atoms with Crippen molar-refractivity contribution >= 4 is 12.0 Å². The number of carboxylic acid groups (broad SMARTS) is 1. The summed E-state index contributed by atoms with van der Waals surface area (Å²) in [7, 11) is 0. The lowest BCUT2D eigenvalue weighted by molar-refractivity contribution is -0.137. The van der Waals surface area contributed by atoms with Gasteiger partial charge >= 0.3 is 12.0 Å². The lowest BCUT2D eigenvalue weighted by Crippen LogP contribution is -2.35. The van der Waals surface area contributed by atoms with Gasteiger partial charge in [-0.25, -0.2) is 4.79 Å². The van der Waals surface area contributed by atoms with E-state index in [-0.39, 0.29) is 12.5 Å². The molecule has 0 radical (unpaired) electrons. The molecule has 5 heteroatoms. The minimum absolute atomic E-state index is 0.161. The molecule has 82 valence electrons. The smallest absolute Gasteiger partial charge is 0.314 e. The van der Waals surface area contributed by atoms with Crippen LogP contribution in [0.5, 0.6) is 0 Å². The van der Waals surface area contributed by atoms with E-state index in [1.54, 1.807) is 0 Å². The molecule has 14 heavy (non-hydrogen) atoms. The summed E-state index contributed by atoms with van der Waals surface area (Å²) in [5, 5.41) is 13.6. The fourth-order valence-corrected chi connectivity index (χ4v) is 1.00. The molecule has 0 saturated carbocycles. The van der Waals surface area contributed by atoms with Crippen molar-refractivity contribution in [3.05, 3.63) is 0 Å². The number of urea groups is 1. The number of nitrogens with one attached hydrogen (secondary N) is 2. The SMILES string of the molecule is CCNC(=O)NCCCCCC(=O)O. The molecule has 2 amide bonds. The lowest BCUT2D eigenvalue weighted by Gasteiger charge is -2.04. The predicted octanol–water partition coefficient (Wildman–Crippen LogP) is 0.951. The van der Waals surface area contributed by atoms with E-state index in [4.69, 9.17) is 5.11 Å². The van der Waals surface area contributed by atoms with Crippen LogP contribution in [-0.4, -0.2) is 30.2 Å². The number of hydrogen-bond acceptors (Lipinski definition) is 2. The molecule has 0 aromatic heterocycles. The van der Waals surface area contributed by atoms with Crippen molar-refractivity contribution in [1.82, 2.24) is 10.6 Å². The Bertz CT molecular complexity index is 183. The molecule has 5 nitrogen and oxygen atoms in total. The second kappa shape index (κ2) is 8.34. The predicted molar refractivity (Wildman–Crippen MR) is 53.2 cm³/mol. The van der Waals surface area contributed by atoms with Crippen molar-refractivity contribution in [1.29, 1.82) is 0 Å². The first kappa shape index (κ1) is 12.7. The summed E-state index contributed by atoms with van der Waals surface area (Å²) >= 11 is 0. The van der Waals surface area contributed by atoms with Crippen LogP contribution in [0.2, 0.25) is 0 Å². The summed E-state index contributed by atoms with van der Waals surface area (Å²) in [6.45, 7) is 3.07. The van der Waals surface area contributed by atoms with Crippen LogP contribution >= 0.6 is 0 Å². The van der Waals surface area contributed by atoms with Crippen LogP contribution in [0.25, 0.3) is 0 Å². The van der Waals surface area contributed by atoms with Crippen LogP contribution < -0.4 is 10.6 Å². The third kappa shape index (κ3) is 8.83. The summed E-state index contributed by atoms with van der Waals surface area (Å²) in [5.41, 5.74) is 0. The maximum Gasteiger partial charge on any atom is 0.314 e. The van der Waals surface area contributed by atoms with E-state index in [2.05, 4.69) is 10.6 Å². The van der Waals surface area contributed by atoms with Gasteiger partial charge in [-0.15, -0.1) is 0 Å². The molecule has 0 spiro atoms. The fourth-order valence-electron chi connectivity index (χ4n) is 1.00. The highest BCUT2D eigenvalue weighted by Crippen LogP contribution is 1.98. The van der Waals surface area contributed by atoms with Crippen LogP contribution in [0.3, 0.4) is 0 Å². The van der Waals surface area contributed by atoms with Crippen LogP contribution in [-0.2, 0) is 4.79 Å². The average Bonchev–Trinajstić information content (AvgIpc) is 2.11. The largest absolute Gasteiger partial charge is 0.481 e. The maximum absolute atomic E-state index is 10.9. The van der Waals surface area contributed by atoms with Gasteiger partial charge in [0.25, 0.3) is 0 Å². The van der Waals surface area contributed by atoms with Crippen LogP contribution in [0.1, 0.15) is 32.6 Å². The first-order valence-electron chi connectivity index (χ1n) is 4.90. The zero-order valence-electron chi connectivity index (χ0n) is 8.51. The number of aliphatic carboxylic acids is 1. The molecule has 0 aromatic carbocycles. The van der Waals surface area contributed by atoms with Gasteiger partial charge in [0.05, 0.1) is 0 Å². The molecule has 0 heterocycles. The minimum Gasteiger partial charge on any atom is -0.481 e. The fraction of sp³-hybridized carbons (Fsp3) is 0.778. The van der Waals surface area contributed by atoms with Crippen molar-refractivity contribution in [2.24, 2.45) is 0 Å². The second-order valence-corrected chi connectivity index (χ2v) is 2.99. The number of rotatable bonds is 7. The van der Waals surface area contributed by atoms with Crippen LogP contribution in [0, 0.1) is 0 Å². The Hall–Kier alpha value is -1.26. The highest BCUT2D eigenvalue weighted by atomic mass is 16.4. The van der Waals surface area contributed by atoms with Gasteiger partial charge in [-0.1, -0.05) is 6.42 Å². The Morgan fingerprint density at radius 2 is 1.86 bits per heavy atom. The van der Waals surface area contributed by atoms with Gasteiger partial charge in [0.1, 0.15) is 0 Å². The molecular formula is C9H18N2O3. The molecule has 0 saturated heterocycles. The zero-order chi connectivity index (χ0) is 10.8. The molecule has 0 fully saturated rings. The van der Waals surface area contributed by atoms with E-state index in [0.717, 1.165) is 12.8 Å². The molecular weight excluding hydrogens is 184 g/mol. The van der Waals surface area contributed by atoms with Gasteiger partial charge in [0.2, 0.25) is 0 Å². The Kier molecular flexibility index (Phi) is 7.59. The molecule has 0 aliphatic carbocycles. The maximum atomic E-state index is 10.9. The molecule has 3 N–H and O–H groups in total.